The van der Waals surface area contributed by atoms with Crippen molar-refractivity contribution in [2.24, 2.45) is 0 Å². The number of aromatic nitrogens is 6. The molecule has 0 aliphatic carbocycles. The van der Waals surface area contributed by atoms with Gasteiger partial charge in [-0.3, -0.25) is 4.79 Å². The predicted octanol–water partition coefficient (Wildman–Crippen LogP) is 5.51. The summed E-state index contributed by atoms with van der Waals surface area (Å²) in [6.45, 7) is 5.55. The molecule has 0 radical (unpaired) electrons. The number of amides is 1. The fourth-order valence-corrected chi connectivity index (χ4v) is 5.12. The molecule has 9 nitrogen and oxygen atoms in total. The van der Waals surface area contributed by atoms with Gasteiger partial charge in [0.15, 0.2) is 5.65 Å². The summed E-state index contributed by atoms with van der Waals surface area (Å²) < 4.78 is 3.68. The monoisotopic (exact) mass is 494 g/mol. The minimum atomic E-state index is -0.100. The number of carbonyl (C=O) groups excluding carboxylic acids is 1. The molecule has 10 heteroatoms. The number of nitrogens with zero attached hydrogens (tertiary/aromatic N) is 6. The lowest BCUT2D eigenvalue weighted by molar-refractivity contribution is -0.114. The first-order chi connectivity index (χ1) is 17.5. The van der Waals surface area contributed by atoms with Gasteiger partial charge in [0.2, 0.25) is 16.8 Å². The van der Waals surface area contributed by atoms with Crippen molar-refractivity contribution in [2.75, 3.05) is 10.6 Å². The third kappa shape index (κ3) is 3.87. The van der Waals surface area contributed by atoms with E-state index in [1.54, 1.807) is 0 Å². The Balaban J connectivity index is 1.34. The van der Waals surface area contributed by atoms with Crippen LogP contribution in [0.3, 0.4) is 0 Å². The van der Waals surface area contributed by atoms with Crippen LogP contribution in [0.2, 0.25) is 0 Å². The third-order valence-corrected chi connectivity index (χ3v) is 6.65. The molecule has 0 aliphatic rings. The summed E-state index contributed by atoms with van der Waals surface area (Å²) in [5.74, 6) is 1.01. The van der Waals surface area contributed by atoms with E-state index >= 15 is 0 Å². The number of carbonyl (C=O) groups is 1. The maximum Gasteiger partial charge on any atom is 0.249 e. The van der Waals surface area contributed by atoms with Crippen LogP contribution in [0.5, 0.6) is 0 Å². The van der Waals surface area contributed by atoms with Gasteiger partial charge in [0.25, 0.3) is 0 Å². The van der Waals surface area contributed by atoms with Gasteiger partial charge in [-0.2, -0.15) is 10.1 Å². The van der Waals surface area contributed by atoms with Crippen LogP contribution in [-0.4, -0.2) is 35.3 Å². The standard InChI is InChI=1S/C26H22N8OS/c1-15-13-22(28-24-23(15)16(2)31-33(24)20-7-5-4-6-8-20)29-25-30-26-34(32-25)21(14-36-26)18-9-11-19(12-10-18)27-17(3)35/h4-14H,1-3H3,(H,27,35)(H,28,29,32). The second-order valence-electron chi connectivity index (χ2n) is 8.49. The average Bonchev–Trinajstić information content (AvgIpc) is 3.53. The molecule has 2 aromatic carbocycles. The first-order valence-corrected chi connectivity index (χ1v) is 12.3. The van der Waals surface area contributed by atoms with Gasteiger partial charge in [0.05, 0.1) is 17.1 Å². The summed E-state index contributed by atoms with van der Waals surface area (Å²) in [6.07, 6.45) is 0. The number of benzene rings is 2. The Hall–Kier alpha value is -4.57. The molecule has 1 amide bonds. The molecule has 36 heavy (non-hydrogen) atoms. The molecular formula is C26H22N8OS. The fraction of sp³-hybridized carbons (Fsp3) is 0.115. The number of para-hydroxylation sites is 1. The highest BCUT2D eigenvalue weighted by Crippen LogP contribution is 2.29. The fourth-order valence-electron chi connectivity index (χ4n) is 4.29. The van der Waals surface area contributed by atoms with E-state index < -0.39 is 0 Å². The van der Waals surface area contributed by atoms with Crippen molar-refractivity contribution >= 4 is 50.7 Å². The molecule has 0 atom stereocenters. The summed E-state index contributed by atoms with van der Waals surface area (Å²) in [7, 11) is 0. The van der Waals surface area contributed by atoms with Crippen LogP contribution >= 0.6 is 11.3 Å². The number of hydrogen-bond acceptors (Lipinski definition) is 7. The minimum Gasteiger partial charge on any atom is -0.326 e. The van der Waals surface area contributed by atoms with E-state index in [-0.39, 0.29) is 5.91 Å². The maximum atomic E-state index is 11.3. The first kappa shape index (κ1) is 21.9. The molecule has 178 valence electrons. The average molecular weight is 495 g/mol. The van der Waals surface area contributed by atoms with Crippen LogP contribution < -0.4 is 10.6 Å². The molecule has 0 fully saturated rings. The van der Waals surface area contributed by atoms with Crippen molar-refractivity contribution in [1.82, 2.24) is 29.4 Å². The van der Waals surface area contributed by atoms with Gasteiger partial charge in [-0.15, -0.1) is 16.4 Å². The first-order valence-electron chi connectivity index (χ1n) is 11.4. The Morgan fingerprint density at radius 2 is 1.75 bits per heavy atom. The topological polar surface area (TPSA) is 102 Å². The Bertz CT molecular complexity index is 1730. The molecule has 0 aliphatic heterocycles. The SMILES string of the molecule is CC(=O)Nc1ccc(-c2csc3nc(Nc4cc(C)c5c(C)nn(-c6ccccc6)c5n4)nn23)cc1. The van der Waals surface area contributed by atoms with Crippen molar-refractivity contribution in [3.05, 3.63) is 77.3 Å². The van der Waals surface area contributed by atoms with Crippen molar-refractivity contribution in [3.63, 3.8) is 0 Å². The Morgan fingerprint density at radius 3 is 2.50 bits per heavy atom. The van der Waals surface area contributed by atoms with Crippen LogP contribution in [-0.2, 0) is 4.79 Å². The Morgan fingerprint density at radius 1 is 0.972 bits per heavy atom. The molecule has 0 bridgehead atoms. The number of fused-ring (bicyclic) bond motifs is 2. The van der Waals surface area contributed by atoms with Gasteiger partial charge in [0.1, 0.15) is 5.82 Å². The molecule has 0 unspecified atom stereocenters. The summed E-state index contributed by atoms with van der Waals surface area (Å²) in [4.78, 5) is 21.6. The largest absolute Gasteiger partial charge is 0.326 e. The number of aryl methyl sites for hydroxylation is 2. The second kappa shape index (κ2) is 8.58. The van der Waals surface area contributed by atoms with Gasteiger partial charge in [0, 0.05) is 28.9 Å². The lowest BCUT2D eigenvalue weighted by atomic mass is 10.1. The van der Waals surface area contributed by atoms with E-state index in [1.807, 2.05) is 82.2 Å². The number of anilines is 3. The quantitative estimate of drug-likeness (QED) is 0.328. The van der Waals surface area contributed by atoms with Crippen LogP contribution in [0.15, 0.2) is 66.0 Å². The van der Waals surface area contributed by atoms with Crippen LogP contribution in [0.4, 0.5) is 17.5 Å². The van der Waals surface area contributed by atoms with Crippen molar-refractivity contribution < 1.29 is 4.79 Å². The van der Waals surface area contributed by atoms with E-state index in [2.05, 4.69) is 27.6 Å². The van der Waals surface area contributed by atoms with Gasteiger partial charge in [-0.25, -0.2) is 14.2 Å². The van der Waals surface area contributed by atoms with Crippen molar-refractivity contribution in [3.8, 4) is 16.9 Å². The Labute approximate surface area is 210 Å². The van der Waals surface area contributed by atoms with E-state index in [9.17, 15) is 4.79 Å². The number of hydrogen-bond donors (Lipinski definition) is 2. The van der Waals surface area contributed by atoms with Gasteiger partial charge < -0.3 is 10.6 Å². The van der Waals surface area contributed by atoms with E-state index in [4.69, 9.17) is 10.1 Å². The molecule has 6 rings (SSSR count). The van der Waals surface area contributed by atoms with Gasteiger partial charge in [-0.1, -0.05) is 30.3 Å². The molecule has 6 aromatic rings. The molecule has 0 saturated heterocycles. The Kier molecular flexibility index (Phi) is 5.23. The zero-order valence-corrected chi connectivity index (χ0v) is 20.7. The smallest absolute Gasteiger partial charge is 0.249 e. The summed E-state index contributed by atoms with van der Waals surface area (Å²) in [6, 6.07) is 19.6. The van der Waals surface area contributed by atoms with E-state index in [0.717, 1.165) is 49.9 Å². The number of rotatable bonds is 5. The van der Waals surface area contributed by atoms with Crippen LogP contribution in [0, 0.1) is 13.8 Å². The number of nitrogens with one attached hydrogen (secondary N) is 2. The lowest BCUT2D eigenvalue weighted by Crippen LogP contribution is -2.05. The molecule has 0 spiro atoms. The van der Waals surface area contributed by atoms with E-state index in [1.165, 1.54) is 18.3 Å². The molecular weight excluding hydrogens is 472 g/mol. The summed E-state index contributed by atoms with van der Waals surface area (Å²) in [5, 5.41) is 18.5. The predicted molar refractivity (Wildman–Crippen MR) is 142 cm³/mol. The van der Waals surface area contributed by atoms with Gasteiger partial charge >= 0.3 is 0 Å². The van der Waals surface area contributed by atoms with Crippen molar-refractivity contribution in [1.29, 1.82) is 0 Å². The summed E-state index contributed by atoms with van der Waals surface area (Å²) in [5.41, 5.74) is 6.38. The normalized spacial score (nSPS) is 11.3. The van der Waals surface area contributed by atoms with Crippen LogP contribution in [0.25, 0.3) is 32.9 Å². The number of pyridine rings is 1. The highest BCUT2D eigenvalue weighted by atomic mass is 32.1. The number of thiazole rings is 1. The minimum absolute atomic E-state index is 0.100. The lowest BCUT2D eigenvalue weighted by Gasteiger charge is -2.07. The molecule has 0 saturated carbocycles. The zero-order chi connectivity index (χ0) is 24.8. The highest BCUT2D eigenvalue weighted by Gasteiger charge is 2.16. The second-order valence-corrected chi connectivity index (χ2v) is 9.33. The molecule has 2 N–H and O–H groups in total. The maximum absolute atomic E-state index is 11.3. The summed E-state index contributed by atoms with van der Waals surface area (Å²) >= 11 is 1.51. The third-order valence-electron chi connectivity index (χ3n) is 5.83. The van der Waals surface area contributed by atoms with Crippen molar-refractivity contribution in [2.45, 2.75) is 20.8 Å². The highest BCUT2D eigenvalue weighted by molar-refractivity contribution is 7.15. The van der Waals surface area contributed by atoms with E-state index in [0.29, 0.717) is 11.8 Å². The van der Waals surface area contributed by atoms with Gasteiger partial charge in [-0.05, 0) is 49.7 Å². The zero-order valence-electron chi connectivity index (χ0n) is 19.9. The van der Waals surface area contributed by atoms with Crippen LogP contribution in [0.1, 0.15) is 18.2 Å². The molecule has 4 aromatic heterocycles. The molecule has 4 heterocycles.